The summed E-state index contributed by atoms with van der Waals surface area (Å²) in [5.74, 6) is 0.0786. The van der Waals surface area contributed by atoms with Crippen molar-refractivity contribution in [2.45, 2.75) is 75.4 Å². The number of likely N-dealkylation sites (tertiary alicyclic amines) is 2. The van der Waals surface area contributed by atoms with Gasteiger partial charge in [-0.2, -0.15) is 0 Å². The second kappa shape index (κ2) is 13.6. The maximum Gasteiger partial charge on any atom is 0.317 e. The number of nitrogens with one attached hydrogen (secondary N) is 1. The van der Waals surface area contributed by atoms with Crippen LogP contribution < -0.4 is 5.32 Å². The first-order chi connectivity index (χ1) is 19.2. The second-order valence-electron chi connectivity index (χ2n) is 11.2. The predicted molar refractivity (Wildman–Crippen MR) is 158 cm³/mol. The van der Waals surface area contributed by atoms with Crippen LogP contribution in [0.15, 0.2) is 59.5 Å². The van der Waals surface area contributed by atoms with E-state index in [2.05, 4.69) is 29.3 Å². The lowest BCUT2D eigenvalue weighted by Crippen LogP contribution is -2.50. The number of sulfone groups is 1. The molecule has 3 amide bonds. The molecule has 0 spiro atoms. The van der Waals surface area contributed by atoms with E-state index < -0.39 is 9.84 Å². The molecule has 9 heteroatoms. The van der Waals surface area contributed by atoms with Crippen molar-refractivity contribution in [1.29, 1.82) is 0 Å². The molecule has 1 N–H and O–H groups in total. The van der Waals surface area contributed by atoms with Crippen molar-refractivity contribution in [1.82, 2.24) is 20.0 Å². The van der Waals surface area contributed by atoms with E-state index in [1.807, 2.05) is 34.9 Å². The van der Waals surface area contributed by atoms with Gasteiger partial charge in [-0.05, 0) is 69.2 Å². The van der Waals surface area contributed by atoms with Crippen LogP contribution in [0.25, 0.3) is 0 Å². The number of carbonyl (C=O) groups excluding carboxylic acids is 2. The standard InChI is InChI=1S/C31H44N4O4S/c1-4-35(30(36)23-25-12-14-28(15-13-25)40(3,38)39)27-16-20-33(21-17-27)24(2)22-29(26-10-6-5-7-11-26)32-31(37)34-18-8-9-19-34/h5-7,10-15,24,27,29H,4,8-9,16-23H2,1-3H3,(H,32,37)/t24?,29-/m0/s1. The summed E-state index contributed by atoms with van der Waals surface area (Å²) in [5.41, 5.74) is 1.95. The van der Waals surface area contributed by atoms with Gasteiger partial charge in [0.2, 0.25) is 5.91 Å². The number of nitrogens with zero attached hydrogens (tertiary/aromatic N) is 3. The van der Waals surface area contributed by atoms with E-state index >= 15 is 0 Å². The highest BCUT2D eigenvalue weighted by Crippen LogP contribution is 2.26. The lowest BCUT2D eigenvalue weighted by molar-refractivity contribution is -0.133. The quantitative estimate of drug-likeness (QED) is 0.462. The van der Waals surface area contributed by atoms with Crippen molar-refractivity contribution >= 4 is 21.8 Å². The van der Waals surface area contributed by atoms with Gasteiger partial charge < -0.3 is 20.0 Å². The van der Waals surface area contributed by atoms with Crippen LogP contribution in [0, 0.1) is 0 Å². The van der Waals surface area contributed by atoms with Gasteiger partial charge in [0.25, 0.3) is 0 Å². The molecule has 4 rings (SSSR count). The van der Waals surface area contributed by atoms with E-state index in [4.69, 9.17) is 0 Å². The fourth-order valence-electron chi connectivity index (χ4n) is 6.02. The molecule has 2 heterocycles. The average Bonchev–Trinajstić information content (AvgIpc) is 3.49. The zero-order valence-corrected chi connectivity index (χ0v) is 24.9. The van der Waals surface area contributed by atoms with Gasteiger partial charge in [0.1, 0.15) is 0 Å². The molecule has 1 unspecified atom stereocenters. The molecule has 2 aliphatic heterocycles. The van der Waals surface area contributed by atoms with Crippen LogP contribution in [0.1, 0.15) is 63.1 Å². The summed E-state index contributed by atoms with van der Waals surface area (Å²) in [6, 6.07) is 17.3. The smallest absolute Gasteiger partial charge is 0.317 e. The Morgan fingerprint density at radius 3 is 2.17 bits per heavy atom. The molecule has 218 valence electrons. The van der Waals surface area contributed by atoms with Crippen molar-refractivity contribution in [3.8, 4) is 0 Å². The number of carbonyl (C=O) groups is 2. The van der Waals surface area contributed by atoms with Crippen LogP contribution in [0.5, 0.6) is 0 Å². The van der Waals surface area contributed by atoms with Gasteiger partial charge in [0, 0.05) is 51.1 Å². The zero-order valence-electron chi connectivity index (χ0n) is 24.1. The third kappa shape index (κ3) is 7.85. The van der Waals surface area contributed by atoms with Crippen LogP contribution in [0.3, 0.4) is 0 Å². The van der Waals surface area contributed by atoms with Crippen LogP contribution in [0.4, 0.5) is 4.79 Å². The SMILES string of the molecule is CCN(C(=O)Cc1ccc(S(C)(=O)=O)cc1)C1CCN(C(C)C[C@H](NC(=O)N2CCCC2)c2ccccc2)CC1. The molecule has 2 saturated heterocycles. The first-order valence-corrected chi connectivity index (χ1v) is 16.5. The van der Waals surface area contributed by atoms with Crippen LogP contribution in [0.2, 0.25) is 0 Å². The third-order valence-corrected chi connectivity index (χ3v) is 9.53. The number of hydrogen-bond donors (Lipinski definition) is 1. The lowest BCUT2D eigenvalue weighted by atomic mass is 9.96. The molecule has 2 fully saturated rings. The van der Waals surface area contributed by atoms with E-state index in [1.54, 1.807) is 24.3 Å². The van der Waals surface area contributed by atoms with Gasteiger partial charge in [0.15, 0.2) is 9.84 Å². The Hall–Kier alpha value is -2.91. The zero-order chi connectivity index (χ0) is 28.7. The van der Waals surface area contributed by atoms with E-state index in [-0.39, 0.29) is 41.4 Å². The maximum absolute atomic E-state index is 13.2. The number of amides is 3. The molecule has 0 aromatic heterocycles. The fourth-order valence-corrected chi connectivity index (χ4v) is 6.65. The predicted octanol–water partition coefficient (Wildman–Crippen LogP) is 4.27. The molecule has 0 radical (unpaired) electrons. The highest BCUT2D eigenvalue weighted by atomic mass is 32.2. The summed E-state index contributed by atoms with van der Waals surface area (Å²) < 4.78 is 23.5. The van der Waals surface area contributed by atoms with Gasteiger partial charge in [-0.3, -0.25) is 4.79 Å². The molecular weight excluding hydrogens is 524 g/mol. The molecule has 40 heavy (non-hydrogen) atoms. The Balaban J connectivity index is 1.32. The Bertz CT molecular complexity index is 1220. The Kier molecular flexibility index (Phi) is 10.2. The number of rotatable bonds is 10. The first kappa shape index (κ1) is 30.1. The normalized spacial score (nSPS) is 18.3. The summed E-state index contributed by atoms with van der Waals surface area (Å²) in [6.45, 7) is 8.37. The molecule has 2 atom stereocenters. The summed E-state index contributed by atoms with van der Waals surface area (Å²) in [6.07, 6.45) is 6.24. The minimum absolute atomic E-state index is 0.0281. The van der Waals surface area contributed by atoms with E-state index in [0.717, 1.165) is 69.4 Å². The molecule has 2 aliphatic rings. The van der Waals surface area contributed by atoms with Crippen LogP contribution >= 0.6 is 0 Å². The number of likely N-dealkylation sites (N-methyl/N-ethyl adjacent to an activating group) is 1. The summed E-state index contributed by atoms with van der Waals surface area (Å²) in [4.78, 5) is 32.8. The Labute approximate surface area is 239 Å². The number of benzene rings is 2. The van der Waals surface area contributed by atoms with Crippen molar-refractivity contribution in [3.05, 3.63) is 65.7 Å². The first-order valence-electron chi connectivity index (χ1n) is 14.6. The highest BCUT2D eigenvalue weighted by molar-refractivity contribution is 7.90. The Morgan fingerprint density at radius 1 is 0.975 bits per heavy atom. The minimum Gasteiger partial charge on any atom is -0.340 e. The number of urea groups is 1. The average molecular weight is 569 g/mol. The van der Waals surface area contributed by atoms with E-state index in [9.17, 15) is 18.0 Å². The summed E-state index contributed by atoms with van der Waals surface area (Å²) in [5, 5.41) is 3.31. The maximum atomic E-state index is 13.2. The van der Waals surface area contributed by atoms with Crippen molar-refractivity contribution < 1.29 is 18.0 Å². The molecule has 2 aromatic rings. The van der Waals surface area contributed by atoms with Crippen molar-refractivity contribution in [2.24, 2.45) is 0 Å². The van der Waals surface area contributed by atoms with E-state index in [1.165, 1.54) is 6.26 Å². The van der Waals surface area contributed by atoms with Crippen LogP contribution in [-0.4, -0.2) is 86.1 Å². The van der Waals surface area contributed by atoms with Crippen molar-refractivity contribution in [2.75, 3.05) is 39.0 Å². The van der Waals surface area contributed by atoms with Gasteiger partial charge in [-0.15, -0.1) is 0 Å². The topological polar surface area (TPSA) is 90.0 Å². The monoisotopic (exact) mass is 568 g/mol. The number of piperidine rings is 1. The molecule has 2 aromatic carbocycles. The largest absolute Gasteiger partial charge is 0.340 e. The lowest BCUT2D eigenvalue weighted by Gasteiger charge is -2.41. The molecule has 0 bridgehead atoms. The molecule has 8 nitrogen and oxygen atoms in total. The fraction of sp³-hybridized carbons (Fsp3) is 0.548. The molecular formula is C31H44N4O4S. The van der Waals surface area contributed by atoms with Crippen molar-refractivity contribution in [3.63, 3.8) is 0 Å². The third-order valence-electron chi connectivity index (χ3n) is 8.40. The number of hydrogen-bond acceptors (Lipinski definition) is 5. The van der Waals surface area contributed by atoms with Gasteiger partial charge in [-0.1, -0.05) is 42.5 Å². The molecule has 0 saturated carbocycles. The minimum atomic E-state index is -3.25. The second-order valence-corrected chi connectivity index (χ2v) is 13.2. The van der Waals surface area contributed by atoms with E-state index in [0.29, 0.717) is 6.54 Å². The molecule has 0 aliphatic carbocycles. The summed E-state index contributed by atoms with van der Waals surface area (Å²) in [7, 11) is -3.25. The highest BCUT2D eigenvalue weighted by Gasteiger charge is 2.30. The Morgan fingerprint density at radius 2 is 1.60 bits per heavy atom. The van der Waals surface area contributed by atoms with Gasteiger partial charge in [-0.25, -0.2) is 13.2 Å². The summed E-state index contributed by atoms with van der Waals surface area (Å²) >= 11 is 0. The van der Waals surface area contributed by atoms with Gasteiger partial charge in [0.05, 0.1) is 17.4 Å². The van der Waals surface area contributed by atoms with Gasteiger partial charge >= 0.3 is 6.03 Å². The van der Waals surface area contributed by atoms with Crippen LogP contribution in [-0.2, 0) is 21.1 Å².